The Kier molecular flexibility index (Phi) is 4.53. The highest BCUT2D eigenvalue weighted by molar-refractivity contribution is 9.10. The molecule has 0 radical (unpaired) electrons. The van der Waals surface area contributed by atoms with Crippen LogP contribution in [0.15, 0.2) is 53.5 Å². The Morgan fingerprint density at radius 1 is 1.21 bits per heavy atom. The molecule has 0 aromatic heterocycles. The Morgan fingerprint density at radius 2 is 1.92 bits per heavy atom. The number of amides is 2. The van der Waals surface area contributed by atoms with Crippen molar-refractivity contribution < 1.29 is 9.59 Å². The van der Waals surface area contributed by atoms with Crippen molar-refractivity contribution in [2.75, 3.05) is 11.9 Å². The number of carbonyl (C=O) groups excluding carboxylic acids is 2. The second kappa shape index (κ2) is 6.61. The first-order valence-electron chi connectivity index (χ1n) is 7.63. The summed E-state index contributed by atoms with van der Waals surface area (Å²) in [6, 6.07) is 13.0. The molecule has 0 unspecified atom stereocenters. The van der Waals surface area contributed by atoms with Gasteiger partial charge in [-0.3, -0.25) is 9.59 Å². The van der Waals surface area contributed by atoms with Crippen LogP contribution in [0.2, 0.25) is 0 Å². The average Bonchev–Trinajstić information content (AvgIpc) is 2.81. The number of halogens is 1. The molecule has 122 valence electrons. The molecule has 0 saturated heterocycles. The van der Waals surface area contributed by atoms with Gasteiger partial charge in [0.15, 0.2) is 0 Å². The smallest absolute Gasteiger partial charge is 0.258 e. The van der Waals surface area contributed by atoms with E-state index in [4.69, 9.17) is 0 Å². The number of rotatable bonds is 4. The Morgan fingerprint density at radius 3 is 2.58 bits per heavy atom. The fraction of sp³-hybridized carbons (Fsp3) is 0.158. The van der Waals surface area contributed by atoms with Crippen LogP contribution in [-0.2, 0) is 4.79 Å². The van der Waals surface area contributed by atoms with Gasteiger partial charge in [0.05, 0.1) is 0 Å². The zero-order valence-electron chi connectivity index (χ0n) is 13.3. The molecule has 1 aliphatic heterocycles. The van der Waals surface area contributed by atoms with E-state index in [-0.39, 0.29) is 18.2 Å². The van der Waals surface area contributed by atoms with Gasteiger partial charge in [0, 0.05) is 39.9 Å². The van der Waals surface area contributed by atoms with Crippen LogP contribution in [0.4, 0.5) is 5.69 Å². The lowest BCUT2D eigenvalue weighted by Crippen LogP contribution is -2.27. The molecule has 3 rings (SSSR count). The molecule has 24 heavy (non-hydrogen) atoms. The SMILES string of the molecule is C=C1c2ccccc2C(=O)N1CCC(=O)Nc1ccc(Br)c(C)c1. The van der Waals surface area contributed by atoms with Crippen molar-refractivity contribution >= 4 is 39.1 Å². The van der Waals surface area contributed by atoms with E-state index >= 15 is 0 Å². The van der Waals surface area contributed by atoms with Gasteiger partial charge in [-0.2, -0.15) is 0 Å². The van der Waals surface area contributed by atoms with Crippen molar-refractivity contribution in [2.24, 2.45) is 0 Å². The van der Waals surface area contributed by atoms with Gasteiger partial charge in [0.2, 0.25) is 5.91 Å². The number of nitrogens with one attached hydrogen (secondary N) is 1. The van der Waals surface area contributed by atoms with Gasteiger partial charge in [0.25, 0.3) is 5.91 Å². The molecule has 0 spiro atoms. The van der Waals surface area contributed by atoms with E-state index in [1.165, 1.54) is 0 Å². The second-order valence-electron chi connectivity index (χ2n) is 5.71. The van der Waals surface area contributed by atoms with Crippen LogP contribution >= 0.6 is 15.9 Å². The topological polar surface area (TPSA) is 49.4 Å². The van der Waals surface area contributed by atoms with E-state index in [1.807, 2.05) is 43.3 Å². The van der Waals surface area contributed by atoms with Gasteiger partial charge in [-0.1, -0.05) is 40.7 Å². The first kappa shape index (κ1) is 16.5. The maximum absolute atomic E-state index is 12.4. The van der Waals surface area contributed by atoms with Crippen LogP contribution in [0.5, 0.6) is 0 Å². The van der Waals surface area contributed by atoms with Crippen molar-refractivity contribution in [3.63, 3.8) is 0 Å². The zero-order valence-corrected chi connectivity index (χ0v) is 14.9. The quantitative estimate of drug-likeness (QED) is 0.857. The second-order valence-corrected chi connectivity index (χ2v) is 6.57. The number of nitrogens with zero attached hydrogens (tertiary/aromatic N) is 1. The standard InChI is InChI=1S/C19H17BrN2O2/c1-12-11-14(7-8-17(12)20)21-18(23)9-10-22-13(2)15-5-3-4-6-16(15)19(22)24/h3-8,11H,2,9-10H2,1H3,(H,21,23). The van der Waals surface area contributed by atoms with E-state index in [0.29, 0.717) is 17.8 Å². The van der Waals surface area contributed by atoms with Crippen LogP contribution in [-0.4, -0.2) is 23.3 Å². The number of carbonyl (C=O) groups is 2. The van der Waals surface area contributed by atoms with Gasteiger partial charge in [-0.25, -0.2) is 0 Å². The first-order chi connectivity index (χ1) is 11.5. The summed E-state index contributed by atoms with van der Waals surface area (Å²) in [4.78, 5) is 26.1. The molecule has 1 heterocycles. The van der Waals surface area contributed by atoms with Crippen molar-refractivity contribution in [3.8, 4) is 0 Å². The van der Waals surface area contributed by atoms with Crippen molar-refractivity contribution in [1.82, 2.24) is 4.90 Å². The highest BCUT2D eigenvalue weighted by Gasteiger charge is 2.30. The van der Waals surface area contributed by atoms with E-state index in [0.717, 1.165) is 21.3 Å². The number of hydrogen-bond acceptors (Lipinski definition) is 2. The molecular weight excluding hydrogens is 368 g/mol. The highest BCUT2D eigenvalue weighted by Crippen LogP contribution is 2.31. The van der Waals surface area contributed by atoms with Crippen LogP contribution in [0, 0.1) is 6.92 Å². The van der Waals surface area contributed by atoms with E-state index in [1.54, 1.807) is 11.0 Å². The lowest BCUT2D eigenvalue weighted by molar-refractivity contribution is -0.116. The summed E-state index contributed by atoms with van der Waals surface area (Å²) in [5, 5.41) is 2.86. The number of hydrogen-bond donors (Lipinski definition) is 1. The summed E-state index contributed by atoms with van der Waals surface area (Å²) >= 11 is 3.43. The largest absolute Gasteiger partial charge is 0.326 e. The van der Waals surface area contributed by atoms with Crippen LogP contribution in [0.3, 0.4) is 0 Å². The molecule has 2 aromatic rings. The number of aryl methyl sites for hydroxylation is 1. The summed E-state index contributed by atoms with van der Waals surface area (Å²) in [6.07, 6.45) is 0.216. The third-order valence-corrected chi connectivity index (χ3v) is 4.93. The summed E-state index contributed by atoms with van der Waals surface area (Å²) in [6.45, 7) is 6.25. The molecule has 0 saturated carbocycles. The maximum Gasteiger partial charge on any atom is 0.258 e. The van der Waals surface area contributed by atoms with Crippen molar-refractivity contribution in [3.05, 3.63) is 70.2 Å². The van der Waals surface area contributed by atoms with E-state index in [2.05, 4.69) is 27.8 Å². The predicted octanol–water partition coefficient (Wildman–Crippen LogP) is 4.21. The average molecular weight is 385 g/mol. The van der Waals surface area contributed by atoms with Gasteiger partial charge in [-0.15, -0.1) is 0 Å². The summed E-state index contributed by atoms with van der Waals surface area (Å²) in [5.74, 6) is -0.226. The number of anilines is 1. The van der Waals surface area contributed by atoms with Gasteiger partial charge in [0.1, 0.15) is 0 Å². The molecule has 0 bridgehead atoms. The lowest BCUT2D eigenvalue weighted by Gasteiger charge is -2.17. The number of fused-ring (bicyclic) bond motifs is 1. The molecule has 0 aliphatic carbocycles. The van der Waals surface area contributed by atoms with Gasteiger partial charge < -0.3 is 10.2 Å². The third kappa shape index (κ3) is 3.12. The minimum absolute atomic E-state index is 0.0945. The van der Waals surface area contributed by atoms with Crippen LogP contribution in [0.25, 0.3) is 5.70 Å². The van der Waals surface area contributed by atoms with Crippen molar-refractivity contribution in [1.29, 1.82) is 0 Å². The highest BCUT2D eigenvalue weighted by atomic mass is 79.9. The minimum atomic E-state index is -0.131. The lowest BCUT2D eigenvalue weighted by atomic mass is 10.1. The minimum Gasteiger partial charge on any atom is -0.326 e. The Balaban J connectivity index is 1.62. The molecule has 4 nitrogen and oxygen atoms in total. The van der Waals surface area contributed by atoms with Crippen LogP contribution < -0.4 is 5.32 Å². The zero-order chi connectivity index (χ0) is 17.3. The molecule has 2 amide bonds. The fourth-order valence-corrected chi connectivity index (χ4v) is 2.98. The predicted molar refractivity (Wildman–Crippen MR) is 98.6 cm³/mol. The van der Waals surface area contributed by atoms with E-state index < -0.39 is 0 Å². The maximum atomic E-state index is 12.4. The molecule has 5 heteroatoms. The van der Waals surface area contributed by atoms with Crippen LogP contribution in [0.1, 0.15) is 27.9 Å². The van der Waals surface area contributed by atoms with Gasteiger partial charge >= 0.3 is 0 Å². The molecule has 1 N–H and O–H groups in total. The molecule has 0 fully saturated rings. The summed E-state index contributed by atoms with van der Waals surface area (Å²) in [5.41, 5.74) is 3.93. The summed E-state index contributed by atoms with van der Waals surface area (Å²) < 4.78 is 0.997. The fourth-order valence-electron chi connectivity index (χ4n) is 2.73. The van der Waals surface area contributed by atoms with E-state index in [9.17, 15) is 9.59 Å². The molecule has 2 aromatic carbocycles. The monoisotopic (exact) mass is 384 g/mol. The normalized spacial score (nSPS) is 13.2. The molecule has 0 atom stereocenters. The number of benzene rings is 2. The first-order valence-corrected chi connectivity index (χ1v) is 8.43. The Hall–Kier alpha value is -2.40. The van der Waals surface area contributed by atoms with Crippen molar-refractivity contribution in [2.45, 2.75) is 13.3 Å². The Bertz CT molecular complexity index is 810. The summed E-state index contributed by atoms with van der Waals surface area (Å²) in [7, 11) is 0. The Labute approximate surface area is 149 Å². The molecule has 1 aliphatic rings. The van der Waals surface area contributed by atoms with Gasteiger partial charge in [-0.05, 0) is 36.8 Å². The third-order valence-electron chi connectivity index (χ3n) is 4.04. The molecular formula is C19H17BrN2O2.